The molecule has 0 aromatic heterocycles. The number of halogens is 1. The van der Waals surface area contributed by atoms with Crippen LogP contribution in [-0.2, 0) is 0 Å². The van der Waals surface area contributed by atoms with Gasteiger partial charge in [-0.1, -0.05) is 0 Å². The number of anilines is 2. The van der Waals surface area contributed by atoms with E-state index in [9.17, 15) is 4.39 Å². The molecule has 0 saturated carbocycles. The van der Waals surface area contributed by atoms with Gasteiger partial charge >= 0.3 is 0 Å². The van der Waals surface area contributed by atoms with E-state index in [1.54, 1.807) is 6.07 Å². The van der Waals surface area contributed by atoms with Crippen LogP contribution in [0.15, 0.2) is 18.2 Å². The molecule has 0 bridgehead atoms. The van der Waals surface area contributed by atoms with E-state index in [1.165, 1.54) is 12.1 Å². The van der Waals surface area contributed by atoms with Gasteiger partial charge in [0.05, 0.1) is 11.4 Å². The van der Waals surface area contributed by atoms with Crippen LogP contribution in [0.5, 0.6) is 0 Å². The van der Waals surface area contributed by atoms with Crippen molar-refractivity contribution in [1.29, 1.82) is 0 Å². The molecule has 0 atom stereocenters. The lowest BCUT2D eigenvalue weighted by molar-refractivity contribution is 0.305. The largest absolute Gasteiger partial charge is 0.397 e. The van der Waals surface area contributed by atoms with Crippen LogP contribution in [0.2, 0.25) is 0 Å². The number of benzene rings is 1. The maximum absolute atomic E-state index is 13.0. The third-order valence-electron chi connectivity index (χ3n) is 3.80. The minimum absolute atomic E-state index is 0.214. The molecule has 1 heterocycles. The molecule has 1 fully saturated rings. The van der Waals surface area contributed by atoms with Crippen LogP contribution in [0.1, 0.15) is 19.8 Å². The molecule has 0 radical (unpaired) electrons. The molecule has 0 unspecified atom stereocenters. The molecule has 17 heavy (non-hydrogen) atoms. The summed E-state index contributed by atoms with van der Waals surface area (Å²) in [6.07, 6.45) is 2.14. The zero-order valence-corrected chi connectivity index (χ0v) is 10.5. The number of hydrogen-bond donors (Lipinski definition) is 2. The zero-order chi connectivity index (χ0) is 12.5. The van der Waals surface area contributed by atoms with Crippen LogP contribution >= 0.6 is 0 Å². The minimum atomic E-state index is -0.275. The summed E-state index contributed by atoms with van der Waals surface area (Å²) in [5.41, 5.74) is 7.54. The highest BCUT2D eigenvalue weighted by molar-refractivity contribution is 5.67. The molecule has 1 saturated heterocycles. The first-order valence-electron chi connectivity index (χ1n) is 6.03. The standard InChI is InChI=1S/C13H20FN3/c1-13(16-2)5-7-17(8-6-13)12-4-3-10(14)9-11(12)15/h3-4,9,16H,5-8,15H2,1-2H3. The number of piperidine rings is 1. The fourth-order valence-corrected chi connectivity index (χ4v) is 2.30. The molecular formula is C13H20FN3. The van der Waals surface area contributed by atoms with Gasteiger partial charge in [-0.2, -0.15) is 0 Å². The van der Waals surface area contributed by atoms with Crippen molar-refractivity contribution in [1.82, 2.24) is 5.32 Å². The van der Waals surface area contributed by atoms with Crippen molar-refractivity contribution in [2.75, 3.05) is 30.8 Å². The van der Waals surface area contributed by atoms with Crippen molar-refractivity contribution in [3.63, 3.8) is 0 Å². The Kier molecular flexibility index (Phi) is 3.24. The second-order valence-corrected chi connectivity index (χ2v) is 5.00. The van der Waals surface area contributed by atoms with Gasteiger partial charge in [-0.25, -0.2) is 4.39 Å². The monoisotopic (exact) mass is 237 g/mol. The summed E-state index contributed by atoms with van der Waals surface area (Å²) in [7, 11) is 2.00. The minimum Gasteiger partial charge on any atom is -0.397 e. The summed E-state index contributed by atoms with van der Waals surface area (Å²) in [6.45, 7) is 4.14. The average molecular weight is 237 g/mol. The van der Waals surface area contributed by atoms with Gasteiger partial charge in [0.2, 0.25) is 0 Å². The van der Waals surface area contributed by atoms with E-state index >= 15 is 0 Å². The van der Waals surface area contributed by atoms with Crippen LogP contribution in [0.4, 0.5) is 15.8 Å². The summed E-state index contributed by atoms with van der Waals surface area (Å²) in [4.78, 5) is 2.23. The van der Waals surface area contributed by atoms with Crippen LogP contribution in [0.25, 0.3) is 0 Å². The van der Waals surface area contributed by atoms with E-state index in [0.717, 1.165) is 31.6 Å². The molecule has 3 nitrogen and oxygen atoms in total. The van der Waals surface area contributed by atoms with E-state index < -0.39 is 0 Å². The Labute approximate surface area is 102 Å². The van der Waals surface area contributed by atoms with Crippen molar-refractivity contribution < 1.29 is 4.39 Å². The Morgan fingerprint density at radius 1 is 1.35 bits per heavy atom. The van der Waals surface area contributed by atoms with Crippen molar-refractivity contribution in [2.24, 2.45) is 0 Å². The first-order valence-corrected chi connectivity index (χ1v) is 6.03. The molecule has 94 valence electrons. The lowest BCUT2D eigenvalue weighted by Gasteiger charge is -2.40. The predicted molar refractivity (Wildman–Crippen MR) is 69.7 cm³/mol. The average Bonchev–Trinajstić information content (AvgIpc) is 2.31. The highest BCUT2D eigenvalue weighted by Crippen LogP contribution is 2.29. The Morgan fingerprint density at radius 2 is 2.00 bits per heavy atom. The number of nitrogens with zero attached hydrogens (tertiary/aromatic N) is 1. The molecule has 1 aliphatic rings. The molecule has 1 aromatic rings. The fraction of sp³-hybridized carbons (Fsp3) is 0.538. The van der Waals surface area contributed by atoms with Crippen molar-refractivity contribution in [3.8, 4) is 0 Å². The quantitative estimate of drug-likeness (QED) is 0.773. The van der Waals surface area contributed by atoms with Crippen LogP contribution < -0.4 is 16.0 Å². The van der Waals surface area contributed by atoms with Crippen LogP contribution in [-0.4, -0.2) is 25.7 Å². The van der Waals surface area contributed by atoms with Gasteiger partial charge in [0.1, 0.15) is 5.82 Å². The smallest absolute Gasteiger partial charge is 0.125 e. The van der Waals surface area contributed by atoms with Gasteiger partial charge in [0, 0.05) is 18.6 Å². The number of nitrogens with one attached hydrogen (secondary N) is 1. The number of nitrogen functional groups attached to an aromatic ring is 1. The number of hydrogen-bond acceptors (Lipinski definition) is 3. The van der Waals surface area contributed by atoms with Gasteiger partial charge in [-0.15, -0.1) is 0 Å². The molecule has 2 rings (SSSR count). The second kappa shape index (κ2) is 4.53. The summed E-state index contributed by atoms with van der Waals surface area (Å²) >= 11 is 0. The Hall–Kier alpha value is -1.29. The maximum atomic E-state index is 13.0. The van der Waals surface area contributed by atoms with Crippen molar-refractivity contribution in [3.05, 3.63) is 24.0 Å². The molecule has 0 spiro atoms. The highest BCUT2D eigenvalue weighted by Gasteiger charge is 2.28. The summed E-state index contributed by atoms with van der Waals surface area (Å²) in [5, 5.41) is 3.36. The Balaban J connectivity index is 2.10. The topological polar surface area (TPSA) is 41.3 Å². The number of nitrogens with two attached hydrogens (primary N) is 1. The lowest BCUT2D eigenvalue weighted by Crippen LogP contribution is -2.50. The molecular weight excluding hydrogens is 217 g/mol. The summed E-state index contributed by atoms with van der Waals surface area (Å²) in [6, 6.07) is 4.63. The summed E-state index contributed by atoms with van der Waals surface area (Å²) < 4.78 is 13.0. The molecule has 4 heteroatoms. The van der Waals surface area contributed by atoms with E-state index in [0.29, 0.717) is 5.69 Å². The summed E-state index contributed by atoms with van der Waals surface area (Å²) in [5.74, 6) is -0.275. The second-order valence-electron chi connectivity index (χ2n) is 5.00. The van der Waals surface area contributed by atoms with Crippen molar-refractivity contribution >= 4 is 11.4 Å². The fourth-order valence-electron chi connectivity index (χ4n) is 2.30. The molecule has 1 aromatic carbocycles. The van der Waals surface area contributed by atoms with Gasteiger partial charge < -0.3 is 16.0 Å². The van der Waals surface area contributed by atoms with Gasteiger partial charge in [0.25, 0.3) is 0 Å². The molecule has 3 N–H and O–H groups in total. The van der Waals surface area contributed by atoms with Crippen LogP contribution in [0, 0.1) is 5.82 Å². The van der Waals surface area contributed by atoms with E-state index in [-0.39, 0.29) is 11.4 Å². The van der Waals surface area contributed by atoms with Crippen LogP contribution in [0.3, 0.4) is 0 Å². The van der Waals surface area contributed by atoms with E-state index in [4.69, 9.17) is 5.73 Å². The molecule has 0 amide bonds. The third-order valence-corrected chi connectivity index (χ3v) is 3.80. The highest BCUT2D eigenvalue weighted by atomic mass is 19.1. The Bertz CT molecular complexity index is 398. The van der Waals surface area contributed by atoms with Gasteiger partial charge in [0.15, 0.2) is 0 Å². The van der Waals surface area contributed by atoms with E-state index in [2.05, 4.69) is 17.1 Å². The Morgan fingerprint density at radius 3 is 2.53 bits per heavy atom. The molecule has 0 aliphatic carbocycles. The van der Waals surface area contributed by atoms with Gasteiger partial charge in [-0.3, -0.25) is 0 Å². The lowest BCUT2D eigenvalue weighted by atomic mass is 9.89. The number of rotatable bonds is 2. The predicted octanol–water partition coefficient (Wildman–Crippen LogP) is 1.99. The first-order chi connectivity index (χ1) is 8.04. The molecule has 1 aliphatic heterocycles. The SMILES string of the molecule is CNC1(C)CCN(c2ccc(F)cc2N)CC1. The van der Waals surface area contributed by atoms with E-state index in [1.807, 2.05) is 7.05 Å². The van der Waals surface area contributed by atoms with Gasteiger partial charge in [-0.05, 0) is 45.0 Å². The van der Waals surface area contributed by atoms with Crippen molar-refractivity contribution in [2.45, 2.75) is 25.3 Å². The maximum Gasteiger partial charge on any atom is 0.125 e. The first kappa shape index (κ1) is 12.2. The normalized spacial score (nSPS) is 19.4. The third kappa shape index (κ3) is 2.52. The zero-order valence-electron chi connectivity index (χ0n) is 10.5.